The van der Waals surface area contributed by atoms with Crippen molar-refractivity contribution < 1.29 is 19.5 Å². The molecule has 0 saturated heterocycles. The SMILES string of the molecule is NC(=O)CC[C@H](NC(=O)c1ccc2c(c1)nc(-c1ccc3nc(-c4ccccc4)cnc3c1)n2C1CCCCC1)C(=O)O. The molecule has 2 amide bonds. The summed E-state index contributed by atoms with van der Waals surface area (Å²) in [4.78, 5) is 50.4. The maximum atomic E-state index is 13.0. The lowest BCUT2D eigenvalue weighted by molar-refractivity contribution is -0.139. The number of aliphatic carboxylic acids is 1. The van der Waals surface area contributed by atoms with E-state index in [2.05, 4.69) is 9.88 Å². The standard InChI is InChI=1S/C33H32N6O4/c34-30(40)16-14-25(33(42)43)38-32(41)22-12-15-29-27(18-22)37-31(39(29)23-9-5-2-6-10-23)21-11-13-24-26(17-21)35-19-28(36-24)20-7-3-1-4-8-20/h1,3-4,7-8,11-13,15,17-19,23,25H,2,5-6,9-10,14,16H2,(H2,34,40)(H,38,41)(H,42,43)/t25-/m0/s1. The first kappa shape index (κ1) is 28.0. The van der Waals surface area contributed by atoms with Crippen molar-refractivity contribution in [2.24, 2.45) is 5.73 Å². The molecule has 10 nitrogen and oxygen atoms in total. The van der Waals surface area contributed by atoms with Gasteiger partial charge in [0.05, 0.1) is 34.0 Å². The first-order chi connectivity index (χ1) is 20.9. The summed E-state index contributed by atoms with van der Waals surface area (Å²) in [5.74, 6) is -1.61. The number of benzene rings is 3. The summed E-state index contributed by atoms with van der Waals surface area (Å²) in [5.41, 5.74) is 11.3. The van der Waals surface area contributed by atoms with Gasteiger partial charge in [-0.2, -0.15) is 0 Å². The maximum absolute atomic E-state index is 13.0. The van der Waals surface area contributed by atoms with Crippen LogP contribution < -0.4 is 11.1 Å². The van der Waals surface area contributed by atoms with Gasteiger partial charge in [-0.05, 0) is 55.7 Å². The molecule has 1 atom stereocenters. The second kappa shape index (κ2) is 12.0. The zero-order valence-corrected chi connectivity index (χ0v) is 23.6. The Balaban J connectivity index is 1.37. The summed E-state index contributed by atoms with van der Waals surface area (Å²) in [5, 5.41) is 12.0. The number of amides is 2. The lowest BCUT2D eigenvalue weighted by Crippen LogP contribution is -2.41. The molecule has 2 heterocycles. The van der Waals surface area contributed by atoms with Crippen LogP contribution in [-0.4, -0.2) is 48.5 Å². The Kier molecular flexibility index (Phi) is 7.83. The molecule has 6 rings (SSSR count). The van der Waals surface area contributed by atoms with E-state index in [-0.39, 0.29) is 24.4 Å². The third-order valence-electron chi connectivity index (χ3n) is 8.04. The highest BCUT2D eigenvalue weighted by Crippen LogP contribution is 2.37. The minimum Gasteiger partial charge on any atom is -0.480 e. The number of carboxylic acids is 1. The van der Waals surface area contributed by atoms with E-state index in [4.69, 9.17) is 20.7 Å². The van der Waals surface area contributed by atoms with Crippen LogP contribution in [0.1, 0.15) is 61.3 Å². The summed E-state index contributed by atoms with van der Waals surface area (Å²) in [7, 11) is 0. The minimum absolute atomic E-state index is 0.0865. The molecular formula is C33H32N6O4. The van der Waals surface area contributed by atoms with Crippen LogP contribution in [-0.2, 0) is 9.59 Å². The van der Waals surface area contributed by atoms with Crippen LogP contribution in [0.5, 0.6) is 0 Å². The smallest absolute Gasteiger partial charge is 0.326 e. The Morgan fingerprint density at radius 1 is 0.907 bits per heavy atom. The molecule has 1 aliphatic carbocycles. The monoisotopic (exact) mass is 576 g/mol. The van der Waals surface area contributed by atoms with Gasteiger partial charge in [-0.15, -0.1) is 0 Å². The van der Waals surface area contributed by atoms with E-state index in [9.17, 15) is 19.5 Å². The maximum Gasteiger partial charge on any atom is 0.326 e. The summed E-state index contributed by atoms with van der Waals surface area (Å²) in [6.45, 7) is 0. The van der Waals surface area contributed by atoms with Gasteiger partial charge >= 0.3 is 5.97 Å². The number of rotatable bonds is 9. The van der Waals surface area contributed by atoms with Gasteiger partial charge in [-0.1, -0.05) is 49.6 Å². The van der Waals surface area contributed by atoms with Gasteiger partial charge in [0.1, 0.15) is 11.9 Å². The number of nitrogens with one attached hydrogen (secondary N) is 1. The molecule has 0 unspecified atom stereocenters. The van der Waals surface area contributed by atoms with E-state index in [0.29, 0.717) is 5.52 Å². The van der Waals surface area contributed by atoms with Crippen molar-refractivity contribution in [3.8, 4) is 22.6 Å². The number of primary amides is 1. The zero-order valence-electron chi connectivity index (χ0n) is 23.6. The number of carbonyl (C=O) groups excluding carboxylic acids is 2. The molecule has 4 N–H and O–H groups in total. The van der Waals surface area contributed by atoms with Crippen LogP contribution in [0.3, 0.4) is 0 Å². The fraction of sp³-hybridized carbons (Fsp3) is 0.273. The number of nitrogens with zero attached hydrogens (tertiary/aromatic N) is 4. The Morgan fingerprint density at radius 3 is 2.44 bits per heavy atom. The van der Waals surface area contributed by atoms with E-state index in [0.717, 1.165) is 64.9 Å². The number of carbonyl (C=O) groups is 3. The molecule has 0 radical (unpaired) electrons. The van der Waals surface area contributed by atoms with Crippen molar-refractivity contribution in [2.45, 2.75) is 57.0 Å². The molecule has 0 bridgehead atoms. The second-order valence-corrected chi connectivity index (χ2v) is 11.0. The van der Waals surface area contributed by atoms with Crippen molar-refractivity contribution in [1.82, 2.24) is 24.8 Å². The van der Waals surface area contributed by atoms with Crippen LogP contribution in [0.15, 0.2) is 72.9 Å². The fourth-order valence-corrected chi connectivity index (χ4v) is 5.84. The van der Waals surface area contributed by atoms with Crippen LogP contribution >= 0.6 is 0 Å². The van der Waals surface area contributed by atoms with E-state index in [1.165, 1.54) is 6.42 Å². The van der Waals surface area contributed by atoms with E-state index in [1.54, 1.807) is 18.3 Å². The zero-order chi connectivity index (χ0) is 29.9. The Hall–Kier alpha value is -5.12. The van der Waals surface area contributed by atoms with Gasteiger partial charge in [0.25, 0.3) is 5.91 Å². The Labute approximate surface area is 248 Å². The molecule has 218 valence electrons. The molecule has 1 aliphatic rings. The van der Waals surface area contributed by atoms with Crippen molar-refractivity contribution in [1.29, 1.82) is 0 Å². The third kappa shape index (κ3) is 5.94. The lowest BCUT2D eigenvalue weighted by Gasteiger charge is -2.25. The Morgan fingerprint density at radius 2 is 1.70 bits per heavy atom. The van der Waals surface area contributed by atoms with Crippen molar-refractivity contribution in [2.75, 3.05) is 0 Å². The average Bonchev–Trinajstić information content (AvgIpc) is 3.42. The molecule has 43 heavy (non-hydrogen) atoms. The van der Waals surface area contributed by atoms with Crippen LogP contribution in [0.25, 0.3) is 44.7 Å². The first-order valence-electron chi connectivity index (χ1n) is 14.5. The summed E-state index contributed by atoms with van der Waals surface area (Å²) in [6, 6.07) is 20.2. The minimum atomic E-state index is -1.23. The van der Waals surface area contributed by atoms with Gasteiger partial charge in [0.2, 0.25) is 5.91 Å². The van der Waals surface area contributed by atoms with E-state index in [1.807, 2.05) is 54.6 Å². The summed E-state index contributed by atoms with van der Waals surface area (Å²) >= 11 is 0. The predicted molar refractivity (Wildman–Crippen MR) is 163 cm³/mol. The molecule has 5 aromatic rings. The number of fused-ring (bicyclic) bond motifs is 2. The lowest BCUT2D eigenvalue weighted by atomic mass is 9.94. The molecule has 1 fully saturated rings. The number of nitrogens with two attached hydrogens (primary N) is 1. The van der Waals surface area contributed by atoms with E-state index < -0.39 is 23.8 Å². The highest BCUT2D eigenvalue weighted by molar-refractivity contribution is 5.99. The largest absolute Gasteiger partial charge is 0.480 e. The van der Waals surface area contributed by atoms with Gasteiger partial charge < -0.3 is 20.7 Å². The highest BCUT2D eigenvalue weighted by atomic mass is 16.4. The van der Waals surface area contributed by atoms with Gasteiger partial charge in [-0.25, -0.2) is 14.8 Å². The van der Waals surface area contributed by atoms with Crippen LogP contribution in [0, 0.1) is 0 Å². The number of aromatic nitrogens is 4. The third-order valence-corrected chi connectivity index (χ3v) is 8.04. The quantitative estimate of drug-likeness (QED) is 0.216. The normalized spacial score (nSPS) is 14.5. The van der Waals surface area contributed by atoms with Crippen molar-refractivity contribution >= 4 is 39.9 Å². The topological polar surface area (TPSA) is 153 Å². The summed E-state index contributed by atoms with van der Waals surface area (Å²) < 4.78 is 2.27. The average molecular weight is 577 g/mol. The Bertz CT molecular complexity index is 1830. The summed E-state index contributed by atoms with van der Waals surface area (Å²) in [6.07, 6.45) is 7.10. The van der Waals surface area contributed by atoms with E-state index >= 15 is 0 Å². The molecule has 0 aliphatic heterocycles. The van der Waals surface area contributed by atoms with Crippen LogP contribution in [0.2, 0.25) is 0 Å². The predicted octanol–water partition coefficient (Wildman–Crippen LogP) is 5.27. The highest BCUT2D eigenvalue weighted by Gasteiger charge is 2.25. The number of hydrogen-bond donors (Lipinski definition) is 3. The van der Waals surface area contributed by atoms with Crippen molar-refractivity contribution in [3.63, 3.8) is 0 Å². The first-order valence-corrected chi connectivity index (χ1v) is 14.5. The molecule has 0 spiro atoms. The molecule has 1 saturated carbocycles. The number of hydrogen-bond acceptors (Lipinski definition) is 6. The molecular weight excluding hydrogens is 544 g/mol. The van der Waals surface area contributed by atoms with Gasteiger partial charge in [-0.3, -0.25) is 14.6 Å². The number of carboxylic acid groups (broad SMARTS) is 1. The number of imidazole rings is 1. The van der Waals surface area contributed by atoms with Gasteiger partial charge in [0, 0.05) is 29.2 Å². The van der Waals surface area contributed by atoms with Gasteiger partial charge in [0.15, 0.2) is 0 Å². The fourth-order valence-electron chi connectivity index (χ4n) is 5.84. The molecule has 3 aromatic carbocycles. The molecule has 2 aromatic heterocycles. The molecule has 10 heteroatoms. The van der Waals surface area contributed by atoms with Crippen LogP contribution in [0.4, 0.5) is 0 Å². The van der Waals surface area contributed by atoms with Crippen molar-refractivity contribution in [3.05, 3.63) is 78.5 Å². The second-order valence-electron chi connectivity index (χ2n) is 11.0.